The first-order valence-corrected chi connectivity index (χ1v) is 12.0. The summed E-state index contributed by atoms with van der Waals surface area (Å²) < 4.78 is 5.23. The second-order valence-corrected chi connectivity index (χ2v) is 9.32. The second-order valence-electron chi connectivity index (χ2n) is 9.32. The van der Waals surface area contributed by atoms with E-state index in [1.807, 2.05) is 12.1 Å². The third kappa shape index (κ3) is 3.44. The lowest BCUT2D eigenvalue weighted by molar-refractivity contribution is -0.123. The van der Waals surface area contributed by atoms with E-state index in [9.17, 15) is 9.59 Å². The van der Waals surface area contributed by atoms with Crippen LogP contribution < -0.4 is 9.64 Å². The zero-order valence-electron chi connectivity index (χ0n) is 19.8. The molecule has 2 aliphatic heterocycles. The molecule has 1 aromatic heterocycles. The molecular weight excluding hydrogens is 438 g/mol. The number of para-hydroxylation sites is 1. The molecule has 6 rings (SSSR count). The quantitative estimate of drug-likeness (QED) is 0.430. The predicted octanol–water partition coefficient (Wildman–Crippen LogP) is 5.02. The van der Waals surface area contributed by atoms with Crippen molar-refractivity contribution in [2.45, 2.75) is 31.3 Å². The highest BCUT2D eigenvalue weighted by Crippen LogP contribution is 2.45. The molecular formula is C29H27N3O3. The molecule has 1 saturated heterocycles. The van der Waals surface area contributed by atoms with Gasteiger partial charge in [0.25, 0.3) is 5.91 Å². The molecule has 0 spiro atoms. The number of H-pyrrole nitrogens is 1. The lowest BCUT2D eigenvalue weighted by atomic mass is 9.83. The normalized spacial score (nSPS) is 22.6. The van der Waals surface area contributed by atoms with Crippen molar-refractivity contribution in [1.82, 2.24) is 9.88 Å². The zero-order valence-corrected chi connectivity index (χ0v) is 19.8. The molecule has 6 nitrogen and oxygen atoms in total. The van der Waals surface area contributed by atoms with Crippen molar-refractivity contribution in [3.8, 4) is 5.75 Å². The summed E-state index contributed by atoms with van der Waals surface area (Å²) in [5.41, 5.74) is 5.30. The van der Waals surface area contributed by atoms with Gasteiger partial charge >= 0.3 is 0 Å². The number of amides is 2. The number of hydrogen-bond acceptors (Lipinski definition) is 4. The molecule has 35 heavy (non-hydrogen) atoms. The van der Waals surface area contributed by atoms with Crippen molar-refractivity contribution in [3.63, 3.8) is 0 Å². The Morgan fingerprint density at radius 2 is 1.63 bits per heavy atom. The fourth-order valence-electron chi connectivity index (χ4n) is 5.75. The molecule has 2 amide bonds. The number of nitrogens with zero attached hydrogens (tertiary/aromatic N) is 2. The van der Waals surface area contributed by atoms with Crippen molar-refractivity contribution in [3.05, 3.63) is 95.7 Å². The number of benzene rings is 3. The smallest absolute Gasteiger partial charge is 0.251 e. The first kappa shape index (κ1) is 21.6. The van der Waals surface area contributed by atoms with E-state index in [0.29, 0.717) is 18.0 Å². The van der Waals surface area contributed by atoms with Gasteiger partial charge in [0.1, 0.15) is 5.75 Å². The zero-order chi connectivity index (χ0) is 24.1. The highest BCUT2D eigenvalue weighted by atomic mass is 16.5. The third-order valence-corrected chi connectivity index (χ3v) is 7.49. The van der Waals surface area contributed by atoms with Crippen molar-refractivity contribution >= 4 is 28.4 Å². The first-order chi connectivity index (χ1) is 17.1. The van der Waals surface area contributed by atoms with Gasteiger partial charge in [-0.1, -0.05) is 48.5 Å². The van der Waals surface area contributed by atoms with Crippen molar-refractivity contribution in [2.75, 3.05) is 18.6 Å². The summed E-state index contributed by atoms with van der Waals surface area (Å²) in [6.45, 7) is 2.80. The Labute approximate surface area is 204 Å². The number of ether oxygens (including phenoxy) is 1. The van der Waals surface area contributed by atoms with Gasteiger partial charge in [0, 0.05) is 35.1 Å². The number of hydrogen-bond donors (Lipinski definition) is 1. The van der Waals surface area contributed by atoms with E-state index in [4.69, 9.17) is 4.74 Å². The molecule has 3 aromatic carbocycles. The van der Waals surface area contributed by atoms with E-state index in [-0.39, 0.29) is 30.2 Å². The van der Waals surface area contributed by atoms with E-state index in [0.717, 1.165) is 11.2 Å². The lowest BCUT2D eigenvalue weighted by Gasteiger charge is -2.40. The average Bonchev–Trinajstić information content (AvgIpc) is 3.42. The minimum absolute atomic E-state index is 0.0325. The minimum atomic E-state index is -0.509. The number of nitrogens with one attached hydrogen (secondary N) is 1. The van der Waals surface area contributed by atoms with Crippen LogP contribution in [-0.2, 0) is 9.59 Å². The van der Waals surface area contributed by atoms with Crippen LogP contribution in [0.4, 0.5) is 5.69 Å². The molecule has 2 aliphatic rings. The van der Waals surface area contributed by atoms with Gasteiger partial charge in [0.2, 0.25) is 5.91 Å². The molecule has 0 saturated carbocycles. The maximum Gasteiger partial charge on any atom is 0.251 e. The SMILES string of the molecule is COc1ccc(N2C(=O)CC(N3CC(c4ccccc4)c4c([nH]c5ccccc45)C3C)C2=O)cc1. The van der Waals surface area contributed by atoms with Crippen LogP contribution in [0, 0.1) is 0 Å². The molecule has 6 heteroatoms. The van der Waals surface area contributed by atoms with Crippen LogP contribution in [0.3, 0.4) is 0 Å². The highest BCUT2D eigenvalue weighted by molar-refractivity contribution is 6.22. The molecule has 3 unspecified atom stereocenters. The average molecular weight is 466 g/mol. The van der Waals surface area contributed by atoms with E-state index in [1.54, 1.807) is 31.4 Å². The molecule has 1 N–H and O–H groups in total. The Balaban J connectivity index is 1.40. The molecule has 0 aliphatic carbocycles. The monoisotopic (exact) mass is 465 g/mol. The highest BCUT2D eigenvalue weighted by Gasteiger charge is 2.47. The van der Waals surface area contributed by atoms with Crippen molar-refractivity contribution in [1.29, 1.82) is 0 Å². The van der Waals surface area contributed by atoms with Gasteiger partial charge in [0.05, 0.1) is 25.3 Å². The van der Waals surface area contributed by atoms with Gasteiger partial charge in [0.15, 0.2) is 0 Å². The summed E-state index contributed by atoms with van der Waals surface area (Å²) in [5, 5.41) is 1.22. The summed E-state index contributed by atoms with van der Waals surface area (Å²) in [6, 6.07) is 25.3. The molecule has 4 aromatic rings. The number of imide groups is 1. The molecule has 3 atom stereocenters. The number of methoxy groups -OCH3 is 1. The van der Waals surface area contributed by atoms with Crippen LogP contribution in [0.5, 0.6) is 5.75 Å². The maximum atomic E-state index is 13.7. The first-order valence-electron chi connectivity index (χ1n) is 12.0. The van der Waals surface area contributed by atoms with Crippen LogP contribution in [-0.4, -0.2) is 41.4 Å². The van der Waals surface area contributed by atoms with Gasteiger partial charge in [-0.25, -0.2) is 4.90 Å². The largest absolute Gasteiger partial charge is 0.497 e. The summed E-state index contributed by atoms with van der Waals surface area (Å²) >= 11 is 0. The Morgan fingerprint density at radius 1 is 0.914 bits per heavy atom. The maximum absolute atomic E-state index is 13.7. The van der Waals surface area contributed by atoms with Crippen LogP contribution in [0.1, 0.15) is 42.1 Å². The van der Waals surface area contributed by atoms with Gasteiger partial charge in [-0.15, -0.1) is 0 Å². The van der Waals surface area contributed by atoms with Gasteiger partial charge in [-0.3, -0.25) is 14.5 Å². The van der Waals surface area contributed by atoms with E-state index in [1.165, 1.54) is 21.4 Å². The van der Waals surface area contributed by atoms with Crippen LogP contribution in [0.15, 0.2) is 78.9 Å². The van der Waals surface area contributed by atoms with Crippen molar-refractivity contribution < 1.29 is 14.3 Å². The summed E-state index contributed by atoms with van der Waals surface area (Å²) in [6.07, 6.45) is 0.173. The Hall–Kier alpha value is -3.90. The van der Waals surface area contributed by atoms with E-state index in [2.05, 4.69) is 59.3 Å². The Morgan fingerprint density at radius 3 is 2.37 bits per heavy atom. The van der Waals surface area contributed by atoms with Gasteiger partial charge < -0.3 is 9.72 Å². The Bertz CT molecular complexity index is 1410. The van der Waals surface area contributed by atoms with E-state index >= 15 is 0 Å². The molecule has 0 radical (unpaired) electrons. The van der Waals surface area contributed by atoms with Gasteiger partial charge in [-0.05, 0) is 48.4 Å². The third-order valence-electron chi connectivity index (χ3n) is 7.49. The number of anilines is 1. The minimum Gasteiger partial charge on any atom is -0.497 e. The molecule has 0 bridgehead atoms. The molecule has 176 valence electrons. The number of aromatic nitrogens is 1. The summed E-state index contributed by atoms with van der Waals surface area (Å²) in [7, 11) is 1.59. The van der Waals surface area contributed by atoms with Crippen LogP contribution >= 0.6 is 0 Å². The van der Waals surface area contributed by atoms with Crippen LogP contribution in [0.25, 0.3) is 10.9 Å². The topological polar surface area (TPSA) is 65.6 Å². The van der Waals surface area contributed by atoms with Crippen LogP contribution in [0.2, 0.25) is 0 Å². The molecule has 3 heterocycles. The summed E-state index contributed by atoms with van der Waals surface area (Å²) in [4.78, 5) is 33.9. The number of carbonyl (C=O) groups excluding carboxylic acids is 2. The number of rotatable bonds is 4. The van der Waals surface area contributed by atoms with Crippen molar-refractivity contribution in [2.24, 2.45) is 0 Å². The number of aromatic amines is 1. The van der Waals surface area contributed by atoms with Gasteiger partial charge in [-0.2, -0.15) is 0 Å². The number of fused-ring (bicyclic) bond motifs is 3. The van der Waals surface area contributed by atoms with E-state index < -0.39 is 6.04 Å². The Kier molecular flexibility index (Phi) is 5.19. The predicted molar refractivity (Wildman–Crippen MR) is 136 cm³/mol. The lowest BCUT2D eigenvalue weighted by Crippen LogP contribution is -2.47. The molecule has 1 fully saturated rings. The summed E-state index contributed by atoms with van der Waals surface area (Å²) in [5.74, 6) is 0.442. The number of carbonyl (C=O) groups is 2. The second kappa shape index (κ2) is 8.40. The standard InChI is InChI=1S/C29H27N3O3/c1-18-28-27(22-10-6-7-11-24(22)30-28)23(19-8-4-3-5-9-19)17-31(18)25-16-26(33)32(29(25)34)20-12-14-21(35-2)15-13-20/h3-15,18,23,25,30H,16-17H2,1-2H3. The fraction of sp³-hybridized carbons (Fsp3) is 0.241. The fourth-order valence-corrected chi connectivity index (χ4v) is 5.75.